The lowest BCUT2D eigenvalue weighted by atomic mass is 10.0. The van der Waals surface area contributed by atoms with E-state index in [2.05, 4.69) is 23.3 Å². The van der Waals surface area contributed by atoms with Gasteiger partial charge in [-0.25, -0.2) is 0 Å². The molecule has 0 aliphatic heterocycles. The molecule has 2 aromatic rings. The molecule has 3 nitrogen and oxygen atoms in total. The summed E-state index contributed by atoms with van der Waals surface area (Å²) in [4.78, 5) is 4.14. The van der Waals surface area contributed by atoms with E-state index in [0.717, 1.165) is 24.8 Å². The predicted octanol–water partition coefficient (Wildman–Crippen LogP) is 3.12. The molecule has 21 heavy (non-hydrogen) atoms. The Morgan fingerprint density at radius 2 is 1.95 bits per heavy atom. The maximum atomic E-state index is 10.2. The van der Waals surface area contributed by atoms with Crippen LogP contribution in [0.15, 0.2) is 54.9 Å². The van der Waals surface area contributed by atoms with Crippen molar-refractivity contribution in [3.63, 3.8) is 0 Å². The Morgan fingerprint density at radius 1 is 1.14 bits per heavy atom. The van der Waals surface area contributed by atoms with Crippen LogP contribution < -0.4 is 5.32 Å². The molecule has 2 unspecified atom stereocenters. The molecule has 0 aliphatic rings. The first-order chi connectivity index (χ1) is 10.3. The zero-order valence-corrected chi connectivity index (χ0v) is 12.6. The largest absolute Gasteiger partial charge is 0.387 e. The predicted molar refractivity (Wildman–Crippen MR) is 86.0 cm³/mol. The molecule has 0 saturated carbocycles. The Balaban J connectivity index is 1.77. The lowest BCUT2D eigenvalue weighted by Crippen LogP contribution is -2.32. The molecule has 0 saturated heterocycles. The maximum absolute atomic E-state index is 10.2. The van der Waals surface area contributed by atoms with Crippen LogP contribution in [-0.2, 0) is 6.42 Å². The normalized spacial score (nSPS) is 13.8. The number of nitrogens with zero attached hydrogens (tertiary/aromatic N) is 1. The molecule has 0 aliphatic carbocycles. The van der Waals surface area contributed by atoms with Crippen LogP contribution in [0.3, 0.4) is 0 Å². The molecule has 2 N–H and O–H groups in total. The van der Waals surface area contributed by atoms with Crippen molar-refractivity contribution < 1.29 is 5.11 Å². The fourth-order valence-corrected chi connectivity index (χ4v) is 2.41. The zero-order valence-electron chi connectivity index (χ0n) is 12.6. The van der Waals surface area contributed by atoms with Gasteiger partial charge in [0.05, 0.1) is 6.10 Å². The minimum atomic E-state index is -0.446. The number of hydrogen-bond donors (Lipinski definition) is 2. The van der Waals surface area contributed by atoms with E-state index in [1.165, 1.54) is 5.56 Å². The van der Waals surface area contributed by atoms with E-state index in [4.69, 9.17) is 0 Å². The first-order valence-corrected chi connectivity index (χ1v) is 7.65. The summed E-state index contributed by atoms with van der Waals surface area (Å²) in [6.07, 6.45) is 6.41. The number of aryl methyl sites for hydroxylation is 1. The molecular formula is C18H24N2O. The van der Waals surface area contributed by atoms with Crippen LogP contribution in [0.5, 0.6) is 0 Å². The minimum absolute atomic E-state index is 0.420. The molecular weight excluding hydrogens is 260 g/mol. The summed E-state index contributed by atoms with van der Waals surface area (Å²) < 4.78 is 0. The number of pyridine rings is 1. The summed E-state index contributed by atoms with van der Waals surface area (Å²) in [5.74, 6) is 0. The van der Waals surface area contributed by atoms with Crippen LogP contribution in [0.25, 0.3) is 0 Å². The van der Waals surface area contributed by atoms with Gasteiger partial charge in [-0.2, -0.15) is 0 Å². The highest BCUT2D eigenvalue weighted by molar-refractivity contribution is 5.17. The Hall–Kier alpha value is -1.71. The molecule has 2 rings (SSSR count). The van der Waals surface area contributed by atoms with Crippen molar-refractivity contribution in [2.24, 2.45) is 0 Å². The van der Waals surface area contributed by atoms with Gasteiger partial charge in [-0.05, 0) is 36.5 Å². The number of rotatable bonds is 8. The molecule has 1 heterocycles. The third-order valence-corrected chi connectivity index (χ3v) is 3.78. The van der Waals surface area contributed by atoms with Gasteiger partial charge in [-0.3, -0.25) is 4.98 Å². The lowest BCUT2D eigenvalue weighted by molar-refractivity contribution is 0.168. The first-order valence-electron chi connectivity index (χ1n) is 7.65. The maximum Gasteiger partial charge on any atom is 0.0914 e. The summed E-state index contributed by atoms with van der Waals surface area (Å²) in [5.41, 5.74) is 2.23. The highest BCUT2D eigenvalue weighted by Gasteiger charge is 2.11. The molecule has 2 atom stereocenters. The number of aromatic nitrogens is 1. The third-order valence-electron chi connectivity index (χ3n) is 3.78. The molecule has 112 valence electrons. The highest BCUT2D eigenvalue weighted by Crippen LogP contribution is 2.12. The highest BCUT2D eigenvalue weighted by atomic mass is 16.3. The third kappa shape index (κ3) is 5.29. The monoisotopic (exact) mass is 284 g/mol. The number of aliphatic hydroxyl groups excluding tert-OH is 1. The Kier molecular flexibility index (Phi) is 6.38. The molecule has 0 radical (unpaired) electrons. The van der Waals surface area contributed by atoms with Crippen LogP contribution in [0, 0.1) is 0 Å². The van der Waals surface area contributed by atoms with E-state index < -0.39 is 6.10 Å². The average Bonchev–Trinajstić information content (AvgIpc) is 2.56. The van der Waals surface area contributed by atoms with Gasteiger partial charge < -0.3 is 10.4 Å². The number of nitrogens with one attached hydrogen (secondary N) is 1. The summed E-state index contributed by atoms with van der Waals surface area (Å²) >= 11 is 0. The van der Waals surface area contributed by atoms with Crippen LogP contribution in [0.1, 0.15) is 37.0 Å². The quantitative estimate of drug-likeness (QED) is 0.783. The topological polar surface area (TPSA) is 45.2 Å². The van der Waals surface area contributed by atoms with Crippen molar-refractivity contribution in [3.05, 3.63) is 66.0 Å². The van der Waals surface area contributed by atoms with E-state index in [1.54, 1.807) is 6.20 Å². The molecule has 0 spiro atoms. The van der Waals surface area contributed by atoms with Gasteiger partial charge in [-0.1, -0.05) is 43.3 Å². The number of benzene rings is 1. The Labute approximate surface area is 127 Å². The first kappa shape index (κ1) is 15.7. The lowest BCUT2D eigenvalue weighted by Gasteiger charge is -2.19. The summed E-state index contributed by atoms with van der Waals surface area (Å²) in [6, 6.07) is 14.3. The van der Waals surface area contributed by atoms with Crippen molar-refractivity contribution in [2.45, 2.75) is 38.3 Å². The van der Waals surface area contributed by atoms with Crippen molar-refractivity contribution in [2.75, 3.05) is 6.54 Å². The second kappa shape index (κ2) is 8.55. The Bertz CT molecular complexity index is 501. The van der Waals surface area contributed by atoms with E-state index in [9.17, 15) is 5.11 Å². The van der Waals surface area contributed by atoms with E-state index in [-0.39, 0.29) is 0 Å². The van der Waals surface area contributed by atoms with Gasteiger partial charge in [0.25, 0.3) is 0 Å². The van der Waals surface area contributed by atoms with E-state index >= 15 is 0 Å². The average molecular weight is 284 g/mol. The van der Waals surface area contributed by atoms with Crippen molar-refractivity contribution >= 4 is 0 Å². The second-order valence-corrected chi connectivity index (χ2v) is 5.34. The van der Waals surface area contributed by atoms with Gasteiger partial charge in [-0.15, -0.1) is 0 Å². The molecule has 3 heteroatoms. The van der Waals surface area contributed by atoms with Gasteiger partial charge in [0.2, 0.25) is 0 Å². The summed E-state index contributed by atoms with van der Waals surface area (Å²) in [7, 11) is 0. The van der Waals surface area contributed by atoms with E-state index in [0.29, 0.717) is 12.6 Å². The SMILES string of the molecule is CCC(CCc1cccnc1)NCC(O)c1ccccc1. The fraction of sp³-hybridized carbons (Fsp3) is 0.389. The molecule has 0 amide bonds. The van der Waals surface area contributed by atoms with Crippen molar-refractivity contribution in [1.29, 1.82) is 0 Å². The smallest absolute Gasteiger partial charge is 0.0914 e. The van der Waals surface area contributed by atoms with Gasteiger partial charge in [0.1, 0.15) is 0 Å². The Morgan fingerprint density at radius 3 is 2.62 bits per heavy atom. The van der Waals surface area contributed by atoms with Crippen molar-refractivity contribution in [3.8, 4) is 0 Å². The number of aliphatic hydroxyl groups is 1. The molecule has 1 aromatic heterocycles. The zero-order chi connectivity index (χ0) is 14.9. The summed E-state index contributed by atoms with van der Waals surface area (Å²) in [5, 5.41) is 13.6. The molecule has 0 bridgehead atoms. The minimum Gasteiger partial charge on any atom is -0.387 e. The van der Waals surface area contributed by atoms with Gasteiger partial charge in [0, 0.05) is 25.0 Å². The molecule has 0 fully saturated rings. The molecule has 1 aromatic carbocycles. The van der Waals surface area contributed by atoms with E-state index in [1.807, 2.05) is 42.6 Å². The van der Waals surface area contributed by atoms with Crippen LogP contribution >= 0.6 is 0 Å². The standard InChI is InChI=1S/C18H24N2O/c1-2-17(11-10-15-7-6-12-19-13-15)20-14-18(21)16-8-4-3-5-9-16/h3-9,12-13,17-18,20-21H,2,10-11,14H2,1H3. The van der Waals surface area contributed by atoms with Crippen LogP contribution in [-0.4, -0.2) is 22.7 Å². The second-order valence-electron chi connectivity index (χ2n) is 5.34. The summed E-state index contributed by atoms with van der Waals surface area (Å²) in [6.45, 7) is 2.77. The van der Waals surface area contributed by atoms with Gasteiger partial charge in [0.15, 0.2) is 0 Å². The van der Waals surface area contributed by atoms with Crippen LogP contribution in [0.2, 0.25) is 0 Å². The number of hydrogen-bond acceptors (Lipinski definition) is 3. The van der Waals surface area contributed by atoms with Crippen molar-refractivity contribution in [1.82, 2.24) is 10.3 Å². The van der Waals surface area contributed by atoms with Crippen LogP contribution in [0.4, 0.5) is 0 Å². The van der Waals surface area contributed by atoms with Gasteiger partial charge >= 0.3 is 0 Å². The fourth-order valence-electron chi connectivity index (χ4n) is 2.41.